The molecule has 6 heteroatoms. The van der Waals surface area contributed by atoms with Crippen molar-refractivity contribution in [1.82, 2.24) is 15.2 Å². The van der Waals surface area contributed by atoms with Crippen molar-refractivity contribution >= 4 is 17.2 Å². The number of benzene rings is 2. The molecule has 152 valence electrons. The number of carbonyl (C=O) groups excluding carboxylic acids is 1. The standard InChI is InChI=1S/C23H26FN3OS/c1-3-12-25-23(28)21-16-29-22(26-21)15-27(13-18-6-4-17(2)5-7-18)14-19-8-10-20(24)11-9-19/h4-11,16H,3,12-15H2,1-2H3,(H,25,28). The molecule has 2 aromatic carbocycles. The van der Waals surface area contributed by atoms with Crippen LogP contribution < -0.4 is 5.32 Å². The molecule has 0 aliphatic rings. The quantitative estimate of drug-likeness (QED) is 0.543. The molecule has 3 rings (SSSR count). The second-order valence-corrected chi connectivity index (χ2v) is 8.08. The fourth-order valence-electron chi connectivity index (χ4n) is 2.98. The maximum Gasteiger partial charge on any atom is 0.270 e. The zero-order chi connectivity index (χ0) is 20.6. The Balaban J connectivity index is 1.73. The summed E-state index contributed by atoms with van der Waals surface area (Å²) in [5.41, 5.74) is 3.93. The molecule has 0 atom stereocenters. The maximum atomic E-state index is 13.3. The molecule has 1 amide bonds. The van der Waals surface area contributed by atoms with Crippen molar-refractivity contribution in [3.05, 3.63) is 87.1 Å². The van der Waals surface area contributed by atoms with Crippen LogP contribution in [-0.2, 0) is 19.6 Å². The van der Waals surface area contributed by atoms with Crippen molar-refractivity contribution in [3.8, 4) is 0 Å². The van der Waals surface area contributed by atoms with Crippen LogP contribution in [0.1, 0.15) is 45.5 Å². The van der Waals surface area contributed by atoms with Gasteiger partial charge in [0, 0.05) is 25.0 Å². The van der Waals surface area contributed by atoms with E-state index >= 15 is 0 Å². The van der Waals surface area contributed by atoms with E-state index in [9.17, 15) is 9.18 Å². The summed E-state index contributed by atoms with van der Waals surface area (Å²) in [4.78, 5) is 18.9. The van der Waals surface area contributed by atoms with Gasteiger partial charge in [-0.05, 0) is 36.6 Å². The number of nitrogens with one attached hydrogen (secondary N) is 1. The van der Waals surface area contributed by atoms with E-state index in [1.54, 1.807) is 0 Å². The number of rotatable bonds is 9. The molecule has 3 aromatic rings. The topological polar surface area (TPSA) is 45.2 Å². The van der Waals surface area contributed by atoms with E-state index in [1.165, 1.54) is 34.6 Å². The van der Waals surface area contributed by atoms with E-state index in [0.29, 0.717) is 25.3 Å². The Kier molecular flexibility index (Phi) is 7.49. The Morgan fingerprint density at radius 1 is 1.03 bits per heavy atom. The normalized spacial score (nSPS) is 11.0. The van der Waals surface area contributed by atoms with Gasteiger partial charge in [-0.3, -0.25) is 9.69 Å². The number of aryl methyl sites for hydroxylation is 1. The number of nitrogens with zero attached hydrogens (tertiary/aromatic N) is 2. The summed E-state index contributed by atoms with van der Waals surface area (Å²) in [5.74, 6) is -0.362. The highest BCUT2D eigenvalue weighted by atomic mass is 32.1. The van der Waals surface area contributed by atoms with Gasteiger partial charge in [0.15, 0.2) is 0 Å². The summed E-state index contributed by atoms with van der Waals surface area (Å²) >= 11 is 1.49. The highest BCUT2D eigenvalue weighted by Gasteiger charge is 2.14. The Morgan fingerprint density at radius 3 is 2.28 bits per heavy atom. The van der Waals surface area contributed by atoms with E-state index in [-0.39, 0.29) is 11.7 Å². The molecule has 0 fully saturated rings. The van der Waals surface area contributed by atoms with Gasteiger partial charge in [0.1, 0.15) is 16.5 Å². The molecule has 0 aliphatic heterocycles. The van der Waals surface area contributed by atoms with Gasteiger partial charge >= 0.3 is 0 Å². The van der Waals surface area contributed by atoms with E-state index in [1.807, 2.05) is 24.4 Å². The Labute approximate surface area is 175 Å². The lowest BCUT2D eigenvalue weighted by Crippen LogP contribution is -2.25. The molecule has 0 aliphatic carbocycles. The minimum absolute atomic E-state index is 0.127. The second-order valence-electron chi connectivity index (χ2n) is 7.14. The van der Waals surface area contributed by atoms with Gasteiger partial charge < -0.3 is 5.32 Å². The average Bonchev–Trinajstić information content (AvgIpc) is 3.18. The zero-order valence-corrected chi connectivity index (χ0v) is 17.6. The number of aromatic nitrogens is 1. The first kappa shape index (κ1) is 21.1. The monoisotopic (exact) mass is 411 g/mol. The fourth-order valence-corrected chi connectivity index (χ4v) is 3.79. The summed E-state index contributed by atoms with van der Waals surface area (Å²) in [6.07, 6.45) is 0.894. The second kappa shape index (κ2) is 10.3. The largest absolute Gasteiger partial charge is 0.351 e. The number of amides is 1. The average molecular weight is 412 g/mol. The third-order valence-corrected chi connectivity index (χ3v) is 5.36. The zero-order valence-electron chi connectivity index (χ0n) is 16.8. The van der Waals surface area contributed by atoms with E-state index < -0.39 is 0 Å². The smallest absolute Gasteiger partial charge is 0.270 e. The lowest BCUT2D eigenvalue weighted by atomic mass is 10.1. The van der Waals surface area contributed by atoms with Crippen molar-refractivity contribution < 1.29 is 9.18 Å². The van der Waals surface area contributed by atoms with Crippen LogP contribution in [0.5, 0.6) is 0 Å². The third kappa shape index (κ3) is 6.48. The van der Waals surface area contributed by atoms with Crippen LogP contribution in [0.25, 0.3) is 0 Å². The van der Waals surface area contributed by atoms with Crippen LogP contribution in [0.15, 0.2) is 53.9 Å². The van der Waals surface area contributed by atoms with Gasteiger partial charge in [0.2, 0.25) is 0 Å². The molecule has 1 heterocycles. The van der Waals surface area contributed by atoms with Crippen molar-refractivity contribution in [2.75, 3.05) is 6.54 Å². The molecule has 0 spiro atoms. The van der Waals surface area contributed by atoms with Crippen LogP contribution >= 0.6 is 11.3 Å². The minimum Gasteiger partial charge on any atom is -0.351 e. The van der Waals surface area contributed by atoms with Gasteiger partial charge in [-0.15, -0.1) is 11.3 Å². The van der Waals surface area contributed by atoms with E-state index in [0.717, 1.165) is 23.5 Å². The summed E-state index contributed by atoms with van der Waals surface area (Å²) in [5, 5.41) is 5.56. The van der Waals surface area contributed by atoms with E-state index in [4.69, 9.17) is 0 Å². The number of carbonyl (C=O) groups is 1. The van der Waals surface area contributed by atoms with Crippen molar-refractivity contribution in [2.24, 2.45) is 0 Å². The van der Waals surface area contributed by atoms with Crippen LogP contribution in [0.4, 0.5) is 4.39 Å². The molecule has 0 saturated heterocycles. The van der Waals surface area contributed by atoms with Crippen LogP contribution in [0.2, 0.25) is 0 Å². The van der Waals surface area contributed by atoms with Gasteiger partial charge in [0.05, 0.1) is 6.54 Å². The van der Waals surface area contributed by atoms with Crippen LogP contribution in [0.3, 0.4) is 0 Å². The van der Waals surface area contributed by atoms with Gasteiger partial charge in [-0.25, -0.2) is 9.37 Å². The molecule has 0 unspecified atom stereocenters. The number of hydrogen-bond acceptors (Lipinski definition) is 4. The molecule has 0 bridgehead atoms. The summed E-state index contributed by atoms with van der Waals surface area (Å²) < 4.78 is 13.3. The van der Waals surface area contributed by atoms with Gasteiger partial charge in [-0.2, -0.15) is 0 Å². The first-order chi connectivity index (χ1) is 14.0. The minimum atomic E-state index is -0.235. The number of halogens is 1. The fraction of sp³-hybridized carbons (Fsp3) is 0.304. The predicted molar refractivity (Wildman–Crippen MR) is 115 cm³/mol. The first-order valence-electron chi connectivity index (χ1n) is 9.78. The highest BCUT2D eigenvalue weighted by molar-refractivity contribution is 7.09. The highest BCUT2D eigenvalue weighted by Crippen LogP contribution is 2.18. The molecular weight excluding hydrogens is 385 g/mol. The van der Waals surface area contributed by atoms with Crippen LogP contribution in [-0.4, -0.2) is 22.3 Å². The third-order valence-electron chi connectivity index (χ3n) is 4.53. The molecule has 1 aromatic heterocycles. The summed E-state index contributed by atoms with van der Waals surface area (Å²) in [6.45, 7) is 6.78. The molecule has 29 heavy (non-hydrogen) atoms. The molecule has 0 radical (unpaired) electrons. The van der Waals surface area contributed by atoms with Crippen molar-refractivity contribution in [3.63, 3.8) is 0 Å². The molecule has 0 saturated carbocycles. The van der Waals surface area contributed by atoms with Crippen molar-refractivity contribution in [2.45, 2.75) is 39.9 Å². The summed E-state index contributed by atoms with van der Waals surface area (Å²) in [6, 6.07) is 15.0. The van der Waals surface area contributed by atoms with Crippen LogP contribution in [0, 0.1) is 12.7 Å². The Bertz CT molecular complexity index is 875. The predicted octanol–water partition coefficient (Wildman–Crippen LogP) is 4.93. The van der Waals surface area contributed by atoms with Crippen molar-refractivity contribution in [1.29, 1.82) is 0 Å². The maximum absolute atomic E-state index is 13.3. The number of thiazole rings is 1. The summed E-state index contributed by atoms with van der Waals surface area (Å²) in [7, 11) is 0. The molecule has 1 N–H and O–H groups in total. The number of hydrogen-bond donors (Lipinski definition) is 1. The van der Waals surface area contributed by atoms with Gasteiger partial charge in [0.25, 0.3) is 5.91 Å². The Morgan fingerprint density at radius 2 is 1.66 bits per heavy atom. The first-order valence-corrected chi connectivity index (χ1v) is 10.7. The molecule has 4 nitrogen and oxygen atoms in total. The van der Waals surface area contributed by atoms with E-state index in [2.05, 4.69) is 46.4 Å². The Hall–Kier alpha value is -2.57. The SMILES string of the molecule is CCCNC(=O)c1csc(CN(Cc2ccc(C)cc2)Cc2ccc(F)cc2)n1. The lowest BCUT2D eigenvalue weighted by Gasteiger charge is -2.21. The lowest BCUT2D eigenvalue weighted by molar-refractivity contribution is 0.0949. The van der Waals surface area contributed by atoms with Gasteiger partial charge in [-0.1, -0.05) is 48.9 Å². The molecular formula is C23H26FN3OS.